The zero-order chi connectivity index (χ0) is 20.5. The molecule has 29 heavy (non-hydrogen) atoms. The van der Waals surface area contributed by atoms with Crippen LogP contribution in [0.15, 0.2) is 29.3 Å². The fourth-order valence-corrected chi connectivity index (χ4v) is 4.30. The van der Waals surface area contributed by atoms with E-state index in [9.17, 15) is 4.39 Å². The van der Waals surface area contributed by atoms with E-state index in [1.165, 1.54) is 38.1 Å². The van der Waals surface area contributed by atoms with Crippen LogP contribution in [-0.2, 0) is 4.74 Å². The largest absolute Gasteiger partial charge is 0.379 e. The molecule has 6 nitrogen and oxygen atoms in total. The summed E-state index contributed by atoms with van der Waals surface area (Å²) < 4.78 is 18.9. The molecule has 1 aromatic rings. The van der Waals surface area contributed by atoms with Crippen LogP contribution in [0, 0.1) is 5.82 Å². The van der Waals surface area contributed by atoms with E-state index in [0.717, 1.165) is 50.8 Å². The van der Waals surface area contributed by atoms with Crippen LogP contribution >= 0.6 is 0 Å². The Kier molecular flexibility index (Phi) is 8.70. The van der Waals surface area contributed by atoms with Crippen LogP contribution in [-0.4, -0.2) is 81.3 Å². The zero-order valence-corrected chi connectivity index (χ0v) is 17.9. The topological polar surface area (TPSA) is 52.1 Å². The Labute approximate surface area is 174 Å². The summed E-state index contributed by atoms with van der Waals surface area (Å²) in [6.07, 6.45) is 3.75. The summed E-state index contributed by atoms with van der Waals surface area (Å²) in [6, 6.07) is 7.54. The number of ether oxygens (including phenoxy) is 1. The third-order valence-corrected chi connectivity index (χ3v) is 6.06. The van der Waals surface area contributed by atoms with Gasteiger partial charge in [0.15, 0.2) is 5.96 Å². The molecule has 2 atom stereocenters. The Morgan fingerprint density at radius 2 is 1.69 bits per heavy atom. The molecule has 2 N–H and O–H groups in total. The second-order valence-electron chi connectivity index (χ2n) is 7.85. The van der Waals surface area contributed by atoms with Gasteiger partial charge in [0, 0.05) is 39.3 Å². The van der Waals surface area contributed by atoms with Gasteiger partial charge in [0.1, 0.15) is 5.82 Å². The summed E-state index contributed by atoms with van der Waals surface area (Å²) >= 11 is 0. The molecule has 0 aromatic heterocycles. The van der Waals surface area contributed by atoms with E-state index in [-0.39, 0.29) is 11.9 Å². The van der Waals surface area contributed by atoms with Gasteiger partial charge in [-0.15, -0.1) is 0 Å². The van der Waals surface area contributed by atoms with Gasteiger partial charge >= 0.3 is 0 Å². The summed E-state index contributed by atoms with van der Waals surface area (Å²) in [4.78, 5) is 9.40. The van der Waals surface area contributed by atoms with Crippen LogP contribution in [0.3, 0.4) is 0 Å². The van der Waals surface area contributed by atoms with Crippen molar-refractivity contribution in [3.8, 4) is 0 Å². The first-order valence-electron chi connectivity index (χ1n) is 11.0. The molecule has 1 aromatic carbocycles. The number of hydrogen-bond donors (Lipinski definition) is 2. The van der Waals surface area contributed by atoms with Crippen molar-refractivity contribution in [2.75, 3.05) is 59.5 Å². The predicted molar refractivity (Wildman–Crippen MR) is 116 cm³/mol. The molecule has 2 saturated heterocycles. The minimum Gasteiger partial charge on any atom is -0.379 e. The lowest BCUT2D eigenvalue weighted by molar-refractivity contribution is 0.0170. The monoisotopic (exact) mass is 405 g/mol. The molecule has 0 amide bonds. The Hall–Kier alpha value is -1.70. The summed E-state index contributed by atoms with van der Waals surface area (Å²) in [7, 11) is 1.81. The zero-order valence-electron chi connectivity index (χ0n) is 17.9. The lowest BCUT2D eigenvalue weighted by Gasteiger charge is -2.35. The summed E-state index contributed by atoms with van der Waals surface area (Å²) in [5.74, 6) is 0.621. The van der Waals surface area contributed by atoms with Gasteiger partial charge in [-0.25, -0.2) is 4.39 Å². The van der Waals surface area contributed by atoms with E-state index >= 15 is 0 Å². The van der Waals surface area contributed by atoms with Crippen LogP contribution in [0.1, 0.15) is 37.8 Å². The molecule has 0 radical (unpaired) electrons. The van der Waals surface area contributed by atoms with Gasteiger partial charge in [0.05, 0.1) is 19.3 Å². The Bertz CT molecular complexity index is 627. The van der Waals surface area contributed by atoms with Crippen molar-refractivity contribution in [3.05, 3.63) is 35.6 Å². The maximum atomic E-state index is 13.4. The first kappa shape index (κ1) is 22.0. The SMILES string of the molecule is CCC(CNC(=NC)NCC(c1ccc(F)cc1)N1CCOCC1)N1CCCC1. The van der Waals surface area contributed by atoms with Crippen molar-refractivity contribution in [1.29, 1.82) is 0 Å². The molecule has 7 heteroatoms. The van der Waals surface area contributed by atoms with Crippen molar-refractivity contribution in [2.45, 2.75) is 38.3 Å². The first-order valence-corrected chi connectivity index (χ1v) is 11.0. The van der Waals surface area contributed by atoms with Gasteiger partial charge in [0.2, 0.25) is 0 Å². The van der Waals surface area contributed by atoms with Crippen molar-refractivity contribution in [1.82, 2.24) is 20.4 Å². The van der Waals surface area contributed by atoms with E-state index in [0.29, 0.717) is 12.6 Å². The normalized spacial score (nSPS) is 21.1. The number of rotatable bonds is 8. The number of guanidine groups is 1. The average Bonchev–Trinajstić information content (AvgIpc) is 3.29. The molecule has 162 valence electrons. The van der Waals surface area contributed by atoms with Crippen molar-refractivity contribution in [2.24, 2.45) is 4.99 Å². The quantitative estimate of drug-likeness (QED) is 0.513. The Morgan fingerprint density at radius 1 is 1.03 bits per heavy atom. The molecule has 0 spiro atoms. The van der Waals surface area contributed by atoms with Crippen LogP contribution in [0.5, 0.6) is 0 Å². The second kappa shape index (κ2) is 11.5. The number of nitrogens with one attached hydrogen (secondary N) is 2. The van der Waals surface area contributed by atoms with Gasteiger partial charge < -0.3 is 15.4 Å². The molecule has 2 fully saturated rings. The highest BCUT2D eigenvalue weighted by atomic mass is 19.1. The van der Waals surface area contributed by atoms with Crippen LogP contribution in [0.4, 0.5) is 4.39 Å². The summed E-state index contributed by atoms with van der Waals surface area (Å²) in [6.45, 7) is 9.50. The third-order valence-electron chi connectivity index (χ3n) is 6.06. The van der Waals surface area contributed by atoms with Crippen LogP contribution < -0.4 is 10.6 Å². The number of hydrogen-bond acceptors (Lipinski definition) is 4. The highest BCUT2D eigenvalue weighted by Gasteiger charge is 2.24. The van der Waals surface area contributed by atoms with Crippen molar-refractivity contribution < 1.29 is 9.13 Å². The molecular formula is C22H36FN5O. The molecule has 0 aliphatic carbocycles. The number of nitrogens with zero attached hydrogens (tertiary/aromatic N) is 3. The fraction of sp³-hybridized carbons (Fsp3) is 0.682. The molecule has 2 heterocycles. The number of likely N-dealkylation sites (tertiary alicyclic amines) is 1. The standard InChI is InChI=1S/C22H36FN5O/c1-3-20(27-10-4-5-11-27)16-25-22(24-2)26-17-21(28-12-14-29-15-13-28)18-6-8-19(23)9-7-18/h6-9,20-21H,3-5,10-17H2,1-2H3,(H2,24,25,26). The minimum atomic E-state index is -0.201. The summed E-state index contributed by atoms with van der Waals surface area (Å²) in [5, 5.41) is 7.00. The fourth-order valence-electron chi connectivity index (χ4n) is 4.30. The number of halogens is 1. The molecule has 0 saturated carbocycles. The lowest BCUT2D eigenvalue weighted by atomic mass is 10.0. The number of aliphatic imine (C=N–C) groups is 1. The summed E-state index contributed by atoms with van der Waals surface area (Å²) in [5.41, 5.74) is 1.11. The van der Waals surface area contributed by atoms with Gasteiger partial charge in [-0.2, -0.15) is 0 Å². The van der Waals surface area contributed by atoms with Crippen molar-refractivity contribution in [3.63, 3.8) is 0 Å². The maximum Gasteiger partial charge on any atom is 0.191 e. The maximum absolute atomic E-state index is 13.4. The highest BCUT2D eigenvalue weighted by molar-refractivity contribution is 5.79. The number of morpholine rings is 1. The first-order chi connectivity index (χ1) is 14.2. The van der Waals surface area contributed by atoms with E-state index in [1.807, 2.05) is 19.2 Å². The number of benzene rings is 1. The second-order valence-corrected chi connectivity index (χ2v) is 7.85. The lowest BCUT2D eigenvalue weighted by Crippen LogP contribution is -2.49. The molecule has 3 rings (SSSR count). The van der Waals surface area contributed by atoms with E-state index < -0.39 is 0 Å². The third kappa shape index (κ3) is 6.39. The molecule has 2 aliphatic rings. The minimum absolute atomic E-state index is 0.151. The van der Waals surface area contributed by atoms with Gasteiger partial charge in [-0.3, -0.25) is 14.8 Å². The molecule has 0 bridgehead atoms. The average molecular weight is 406 g/mol. The van der Waals surface area contributed by atoms with E-state index in [4.69, 9.17) is 4.74 Å². The smallest absolute Gasteiger partial charge is 0.191 e. The Morgan fingerprint density at radius 3 is 2.31 bits per heavy atom. The predicted octanol–water partition coefficient (Wildman–Crippen LogP) is 2.24. The molecule has 2 unspecified atom stereocenters. The van der Waals surface area contributed by atoms with Crippen molar-refractivity contribution >= 4 is 5.96 Å². The van der Waals surface area contributed by atoms with Gasteiger partial charge in [0.25, 0.3) is 0 Å². The van der Waals surface area contributed by atoms with E-state index in [2.05, 4.69) is 32.3 Å². The van der Waals surface area contributed by atoms with Crippen LogP contribution in [0.2, 0.25) is 0 Å². The highest BCUT2D eigenvalue weighted by Crippen LogP contribution is 2.21. The van der Waals surface area contributed by atoms with Gasteiger partial charge in [-0.05, 0) is 50.0 Å². The van der Waals surface area contributed by atoms with E-state index in [1.54, 1.807) is 0 Å². The molecule has 2 aliphatic heterocycles. The molecular weight excluding hydrogens is 369 g/mol. The van der Waals surface area contributed by atoms with Gasteiger partial charge in [-0.1, -0.05) is 19.1 Å². The Balaban J connectivity index is 1.58. The van der Waals surface area contributed by atoms with Crippen LogP contribution in [0.25, 0.3) is 0 Å².